The van der Waals surface area contributed by atoms with E-state index in [1.54, 1.807) is 6.07 Å². The number of esters is 2. The summed E-state index contributed by atoms with van der Waals surface area (Å²) in [6.45, 7) is 4.46. The Hall–Kier alpha value is -2.94. The van der Waals surface area contributed by atoms with Crippen molar-refractivity contribution in [2.45, 2.75) is 32.0 Å². The van der Waals surface area contributed by atoms with Crippen molar-refractivity contribution in [1.82, 2.24) is 0 Å². The Morgan fingerprint density at radius 3 is 2.62 bits per heavy atom. The Morgan fingerprint density at radius 1 is 1.42 bits per heavy atom. The SMILES string of the molecule is C=Cc1ccc(OC(CC(CCO)OC(C)=O)C(=O)OC)c([N+](=O)[O-])c1. The number of ether oxygens (including phenoxy) is 3. The minimum Gasteiger partial charge on any atom is -0.471 e. The van der Waals surface area contributed by atoms with Crippen molar-refractivity contribution in [3.8, 4) is 5.75 Å². The van der Waals surface area contributed by atoms with E-state index in [2.05, 4.69) is 11.3 Å². The summed E-state index contributed by atoms with van der Waals surface area (Å²) < 4.78 is 15.2. The van der Waals surface area contributed by atoms with E-state index >= 15 is 0 Å². The molecule has 0 spiro atoms. The predicted molar refractivity (Wildman–Crippen MR) is 91.5 cm³/mol. The number of aliphatic hydroxyl groups excluding tert-OH is 1. The molecule has 0 saturated carbocycles. The van der Waals surface area contributed by atoms with Crippen molar-refractivity contribution >= 4 is 23.7 Å². The van der Waals surface area contributed by atoms with Crippen molar-refractivity contribution in [3.05, 3.63) is 40.5 Å². The lowest BCUT2D eigenvalue weighted by Crippen LogP contribution is -2.34. The van der Waals surface area contributed by atoms with Crippen LogP contribution < -0.4 is 4.74 Å². The van der Waals surface area contributed by atoms with Crippen molar-refractivity contribution in [1.29, 1.82) is 0 Å². The van der Waals surface area contributed by atoms with Crippen LogP contribution in [0.4, 0.5) is 5.69 Å². The summed E-state index contributed by atoms with van der Waals surface area (Å²) in [6, 6.07) is 4.15. The van der Waals surface area contributed by atoms with Crippen LogP contribution in [0.15, 0.2) is 24.8 Å². The van der Waals surface area contributed by atoms with Gasteiger partial charge in [-0.3, -0.25) is 14.9 Å². The number of nitrogens with zero attached hydrogens (tertiary/aromatic N) is 1. The Kier molecular flexibility index (Phi) is 8.23. The highest BCUT2D eigenvalue weighted by Gasteiger charge is 2.29. The number of hydrogen-bond acceptors (Lipinski definition) is 8. The van der Waals surface area contributed by atoms with Crippen LogP contribution in [0.1, 0.15) is 25.3 Å². The first-order chi connectivity index (χ1) is 12.3. The van der Waals surface area contributed by atoms with Crippen molar-refractivity contribution < 1.29 is 33.8 Å². The molecule has 0 bridgehead atoms. The number of carbonyl (C=O) groups excluding carboxylic acids is 2. The van der Waals surface area contributed by atoms with Gasteiger partial charge < -0.3 is 19.3 Å². The molecule has 0 aliphatic rings. The van der Waals surface area contributed by atoms with Gasteiger partial charge in [0, 0.05) is 32.4 Å². The lowest BCUT2D eigenvalue weighted by Gasteiger charge is -2.22. The van der Waals surface area contributed by atoms with Gasteiger partial charge in [-0.1, -0.05) is 18.7 Å². The predicted octanol–water partition coefficient (Wildman–Crippen LogP) is 1.86. The van der Waals surface area contributed by atoms with E-state index in [4.69, 9.17) is 14.6 Å². The summed E-state index contributed by atoms with van der Waals surface area (Å²) >= 11 is 0. The number of aliphatic hydroxyl groups is 1. The van der Waals surface area contributed by atoms with Gasteiger partial charge in [0.25, 0.3) is 0 Å². The second kappa shape index (κ2) is 10.1. The van der Waals surface area contributed by atoms with Crippen LogP contribution in [0, 0.1) is 10.1 Å². The van der Waals surface area contributed by atoms with Crippen molar-refractivity contribution in [3.63, 3.8) is 0 Å². The number of nitro groups is 1. The van der Waals surface area contributed by atoms with Crippen molar-refractivity contribution in [2.75, 3.05) is 13.7 Å². The molecule has 0 radical (unpaired) electrons. The molecule has 1 rings (SSSR count). The van der Waals surface area contributed by atoms with Gasteiger partial charge in [-0.25, -0.2) is 4.79 Å². The van der Waals surface area contributed by atoms with E-state index in [-0.39, 0.29) is 30.9 Å². The standard InChI is InChI=1S/C17H21NO8/c1-4-12-5-6-15(14(9-12)18(22)23)26-16(17(21)24-3)10-13(7-8-19)25-11(2)20/h4-6,9,13,16,19H,1,7-8,10H2,2-3H3. The quantitative estimate of drug-likeness (QED) is 0.377. The van der Waals surface area contributed by atoms with Gasteiger partial charge in [0.05, 0.1) is 12.0 Å². The monoisotopic (exact) mass is 367 g/mol. The first kappa shape index (κ1) is 21.1. The topological polar surface area (TPSA) is 125 Å². The minimum atomic E-state index is -1.26. The first-order valence-corrected chi connectivity index (χ1v) is 7.75. The van der Waals surface area contributed by atoms with Gasteiger partial charge in [0.1, 0.15) is 6.10 Å². The molecule has 26 heavy (non-hydrogen) atoms. The maximum atomic E-state index is 12.0. The molecule has 0 aliphatic heterocycles. The summed E-state index contributed by atoms with van der Waals surface area (Å²) in [4.78, 5) is 33.8. The average molecular weight is 367 g/mol. The first-order valence-electron chi connectivity index (χ1n) is 7.75. The zero-order valence-corrected chi connectivity index (χ0v) is 14.5. The summed E-state index contributed by atoms with van der Waals surface area (Å²) in [5.41, 5.74) is 0.166. The Balaban J connectivity index is 3.11. The number of hydrogen-bond donors (Lipinski definition) is 1. The molecule has 0 aromatic heterocycles. The fourth-order valence-electron chi connectivity index (χ4n) is 2.22. The molecule has 1 aromatic carbocycles. The molecule has 9 heteroatoms. The van der Waals surface area contributed by atoms with Crippen LogP contribution in [0.2, 0.25) is 0 Å². The zero-order chi connectivity index (χ0) is 19.7. The fourth-order valence-corrected chi connectivity index (χ4v) is 2.22. The molecule has 142 valence electrons. The summed E-state index contributed by atoms with van der Waals surface area (Å²) in [7, 11) is 1.14. The van der Waals surface area contributed by atoms with Crippen LogP contribution in [0.5, 0.6) is 5.75 Å². The second-order valence-corrected chi connectivity index (χ2v) is 5.30. The molecule has 1 aromatic rings. The lowest BCUT2D eigenvalue weighted by molar-refractivity contribution is -0.386. The number of nitro benzene ring substituents is 1. The third-order valence-electron chi connectivity index (χ3n) is 3.41. The third-order valence-corrected chi connectivity index (χ3v) is 3.41. The summed E-state index contributed by atoms with van der Waals surface area (Å²) in [5.74, 6) is -1.52. The molecule has 0 amide bonds. The van der Waals surface area contributed by atoms with Gasteiger partial charge in [-0.2, -0.15) is 0 Å². The van der Waals surface area contributed by atoms with Gasteiger partial charge in [-0.15, -0.1) is 0 Å². The van der Waals surface area contributed by atoms with Crippen LogP contribution in [-0.4, -0.2) is 47.9 Å². The summed E-state index contributed by atoms with van der Waals surface area (Å²) in [5, 5.41) is 20.3. The second-order valence-electron chi connectivity index (χ2n) is 5.30. The van der Waals surface area contributed by atoms with E-state index in [9.17, 15) is 19.7 Å². The Bertz CT molecular complexity index is 673. The molecule has 0 saturated heterocycles. The highest BCUT2D eigenvalue weighted by molar-refractivity contribution is 5.75. The number of methoxy groups -OCH3 is 1. The third kappa shape index (κ3) is 6.17. The van der Waals surface area contributed by atoms with E-state index < -0.39 is 29.1 Å². The van der Waals surface area contributed by atoms with E-state index in [0.29, 0.717) is 5.56 Å². The van der Waals surface area contributed by atoms with Crippen molar-refractivity contribution in [2.24, 2.45) is 0 Å². The van der Waals surface area contributed by atoms with Crippen LogP contribution in [-0.2, 0) is 19.1 Å². The van der Waals surface area contributed by atoms with Gasteiger partial charge >= 0.3 is 17.6 Å². The van der Waals surface area contributed by atoms with Crippen LogP contribution in [0.3, 0.4) is 0 Å². The summed E-state index contributed by atoms with van der Waals surface area (Å²) in [6.07, 6.45) is -0.689. The Morgan fingerprint density at radius 2 is 2.12 bits per heavy atom. The smallest absolute Gasteiger partial charge is 0.347 e. The highest BCUT2D eigenvalue weighted by Crippen LogP contribution is 2.30. The molecule has 0 aliphatic carbocycles. The van der Waals surface area contributed by atoms with E-state index in [1.807, 2.05) is 0 Å². The van der Waals surface area contributed by atoms with Gasteiger partial charge in [-0.05, 0) is 11.6 Å². The van der Waals surface area contributed by atoms with Crippen LogP contribution >= 0.6 is 0 Å². The minimum absolute atomic E-state index is 0.0773. The largest absolute Gasteiger partial charge is 0.471 e. The molecule has 0 heterocycles. The maximum absolute atomic E-state index is 12.0. The molecular formula is C17H21NO8. The molecule has 2 atom stereocenters. The maximum Gasteiger partial charge on any atom is 0.347 e. The normalized spacial score (nSPS) is 12.6. The molecular weight excluding hydrogens is 346 g/mol. The van der Waals surface area contributed by atoms with Crippen LogP contribution in [0.25, 0.3) is 6.08 Å². The van der Waals surface area contributed by atoms with Gasteiger partial charge in [0.2, 0.25) is 0 Å². The molecule has 1 N–H and O–H groups in total. The molecule has 0 fully saturated rings. The van der Waals surface area contributed by atoms with E-state index in [1.165, 1.54) is 25.1 Å². The van der Waals surface area contributed by atoms with E-state index in [0.717, 1.165) is 7.11 Å². The number of benzene rings is 1. The molecule has 2 unspecified atom stereocenters. The zero-order valence-electron chi connectivity index (χ0n) is 14.5. The Labute approximate surface area is 150 Å². The fraction of sp³-hybridized carbons (Fsp3) is 0.412. The van der Waals surface area contributed by atoms with Gasteiger partial charge in [0.15, 0.2) is 11.9 Å². The number of rotatable bonds is 10. The average Bonchev–Trinajstić information content (AvgIpc) is 2.60. The highest BCUT2D eigenvalue weighted by atomic mass is 16.6. The lowest BCUT2D eigenvalue weighted by atomic mass is 10.1. The molecule has 9 nitrogen and oxygen atoms in total. The number of carbonyl (C=O) groups is 2.